The first-order valence-corrected chi connectivity index (χ1v) is 4.35. The minimum absolute atomic E-state index is 0.386. The van der Waals surface area contributed by atoms with Crippen molar-refractivity contribution in [1.29, 1.82) is 5.26 Å². The molecule has 0 spiro atoms. The molecule has 1 N–H and O–H groups in total. The van der Waals surface area contributed by atoms with E-state index in [1.165, 1.54) is 0 Å². The third kappa shape index (κ3) is 5.07. The van der Waals surface area contributed by atoms with Crippen LogP contribution in [0.1, 0.15) is 26.7 Å². The maximum Gasteiger partial charge on any atom is 0.103 e. The van der Waals surface area contributed by atoms with Crippen LogP contribution in [0.3, 0.4) is 0 Å². The Bertz CT molecular complexity index is 225. The second-order valence-electron chi connectivity index (χ2n) is 3.08. The molecule has 0 aliphatic carbocycles. The van der Waals surface area contributed by atoms with Crippen molar-refractivity contribution in [2.45, 2.75) is 32.2 Å². The van der Waals surface area contributed by atoms with E-state index < -0.39 is 5.54 Å². The molecule has 1 unspecified atom stereocenters. The molecule has 1 atom stereocenters. The molecule has 0 fully saturated rings. The summed E-state index contributed by atoms with van der Waals surface area (Å²) in [6.45, 7) is 4.82. The molecule has 0 amide bonds. The zero-order chi connectivity index (χ0) is 10.2. The van der Waals surface area contributed by atoms with E-state index in [2.05, 4.69) is 21.4 Å². The fraction of sp³-hybridized carbons (Fsp3) is 0.875. The lowest BCUT2D eigenvalue weighted by Gasteiger charge is -2.21. The van der Waals surface area contributed by atoms with Crippen LogP contribution in [-0.2, 0) is 0 Å². The first-order chi connectivity index (χ1) is 6.18. The van der Waals surface area contributed by atoms with Gasteiger partial charge in [-0.25, -0.2) is 0 Å². The van der Waals surface area contributed by atoms with Gasteiger partial charge in [-0.1, -0.05) is 18.5 Å². The number of nitrogens with one attached hydrogen (secondary N) is 1. The van der Waals surface area contributed by atoms with Gasteiger partial charge in [-0.15, -0.1) is 0 Å². The Kier molecular flexibility index (Phi) is 5.69. The molecule has 0 aromatic rings. The zero-order valence-corrected chi connectivity index (χ0v) is 8.12. The second kappa shape index (κ2) is 6.30. The molecule has 0 radical (unpaired) electrons. The van der Waals surface area contributed by atoms with E-state index in [0.717, 1.165) is 12.8 Å². The molecule has 0 bridgehead atoms. The van der Waals surface area contributed by atoms with E-state index in [1.54, 1.807) is 0 Å². The van der Waals surface area contributed by atoms with Crippen molar-refractivity contribution in [3.63, 3.8) is 0 Å². The van der Waals surface area contributed by atoms with Gasteiger partial charge in [0.1, 0.15) is 5.54 Å². The van der Waals surface area contributed by atoms with E-state index in [1.807, 2.05) is 13.8 Å². The monoisotopic (exact) mass is 181 g/mol. The lowest BCUT2D eigenvalue weighted by molar-refractivity contribution is 0.419. The number of azide groups is 1. The summed E-state index contributed by atoms with van der Waals surface area (Å²) in [5.74, 6) is 0. The van der Waals surface area contributed by atoms with Crippen LogP contribution in [0.2, 0.25) is 0 Å². The van der Waals surface area contributed by atoms with Crippen molar-refractivity contribution >= 4 is 0 Å². The lowest BCUT2D eigenvalue weighted by Crippen LogP contribution is -2.42. The number of nitriles is 1. The Hall–Kier alpha value is -1.24. The smallest absolute Gasteiger partial charge is 0.103 e. The van der Waals surface area contributed by atoms with Gasteiger partial charge in [-0.05, 0) is 18.9 Å². The second-order valence-corrected chi connectivity index (χ2v) is 3.08. The SMILES string of the molecule is CCCC(C)(C#N)NCCN=[N+]=[N-]. The molecule has 5 heteroatoms. The third-order valence-electron chi connectivity index (χ3n) is 1.79. The highest BCUT2D eigenvalue weighted by Crippen LogP contribution is 2.09. The zero-order valence-electron chi connectivity index (χ0n) is 8.12. The van der Waals surface area contributed by atoms with Crippen molar-refractivity contribution in [3.8, 4) is 6.07 Å². The molecule has 0 saturated heterocycles. The highest BCUT2D eigenvalue weighted by Gasteiger charge is 2.20. The predicted octanol–water partition coefficient (Wildman–Crippen LogP) is 1.97. The van der Waals surface area contributed by atoms with Crippen LogP contribution in [-0.4, -0.2) is 18.6 Å². The van der Waals surface area contributed by atoms with E-state index in [4.69, 9.17) is 10.8 Å². The molecular weight excluding hydrogens is 166 g/mol. The fourth-order valence-electron chi connectivity index (χ4n) is 1.11. The quantitative estimate of drug-likeness (QED) is 0.294. The molecule has 0 aliphatic heterocycles. The number of nitrogens with zero attached hydrogens (tertiary/aromatic N) is 4. The van der Waals surface area contributed by atoms with E-state index in [0.29, 0.717) is 13.1 Å². The largest absolute Gasteiger partial charge is 0.299 e. The third-order valence-corrected chi connectivity index (χ3v) is 1.79. The average molecular weight is 181 g/mol. The summed E-state index contributed by atoms with van der Waals surface area (Å²) in [5.41, 5.74) is 7.54. The van der Waals surface area contributed by atoms with Gasteiger partial charge in [0.25, 0.3) is 0 Å². The molecular formula is C8H15N5. The molecule has 0 heterocycles. The van der Waals surface area contributed by atoms with Gasteiger partial charge in [0.2, 0.25) is 0 Å². The molecule has 0 saturated carbocycles. The molecule has 72 valence electrons. The first kappa shape index (κ1) is 11.8. The normalized spacial score (nSPS) is 13.9. The molecule has 0 aromatic carbocycles. The van der Waals surface area contributed by atoms with Crippen LogP contribution in [0.25, 0.3) is 10.4 Å². The summed E-state index contributed by atoms with van der Waals surface area (Å²) >= 11 is 0. The van der Waals surface area contributed by atoms with Gasteiger partial charge in [0.05, 0.1) is 6.07 Å². The van der Waals surface area contributed by atoms with Crippen LogP contribution in [0.5, 0.6) is 0 Å². The lowest BCUT2D eigenvalue weighted by atomic mass is 9.98. The molecule has 0 rings (SSSR count). The molecule has 13 heavy (non-hydrogen) atoms. The summed E-state index contributed by atoms with van der Waals surface area (Å²) in [5, 5.41) is 15.3. The minimum atomic E-state index is -0.486. The van der Waals surface area contributed by atoms with Gasteiger partial charge in [0.15, 0.2) is 0 Å². The number of hydrogen-bond donors (Lipinski definition) is 1. The highest BCUT2D eigenvalue weighted by atomic mass is 15.1. The number of rotatable bonds is 6. The first-order valence-electron chi connectivity index (χ1n) is 4.35. The summed E-state index contributed by atoms with van der Waals surface area (Å²) in [6, 6.07) is 2.21. The van der Waals surface area contributed by atoms with Gasteiger partial charge in [-0.2, -0.15) is 5.26 Å². The van der Waals surface area contributed by atoms with Crippen molar-refractivity contribution in [2.75, 3.05) is 13.1 Å². The van der Waals surface area contributed by atoms with Crippen LogP contribution in [0.15, 0.2) is 5.11 Å². The maximum atomic E-state index is 8.86. The van der Waals surface area contributed by atoms with Crippen molar-refractivity contribution in [3.05, 3.63) is 10.4 Å². The molecule has 0 aliphatic rings. The van der Waals surface area contributed by atoms with E-state index >= 15 is 0 Å². The standard InChI is InChI=1S/C8H15N5/c1-3-4-8(2,7-9)11-5-6-12-13-10/h11H,3-6H2,1-2H3. The summed E-state index contributed by atoms with van der Waals surface area (Å²) in [7, 11) is 0. The minimum Gasteiger partial charge on any atom is -0.299 e. The van der Waals surface area contributed by atoms with Crippen molar-refractivity contribution in [1.82, 2.24) is 5.32 Å². The van der Waals surface area contributed by atoms with Crippen LogP contribution in [0, 0.1) is 11.3 Å². The van der Waals surface area contributed by atoms with Crippen LogP contribution in [0.4, 0.5) is 0 Å². The van der Waals surface area contributed by atoms with Crippen LogP contribution >= 0.6 is 0 Å². The summed E-state index contributed by atoms with van der Waals surface area (Å²) in [6.07, 6.45) is 1.76. The van der Waals surface area contributed by atoms with E-state index in [-0.39, 0.29) is 0 Å². The van der Waals surface area contributed by atoms with Gasteiger partial charge in [-0.3, -0.25) is 5.32 Å². The maximum absolute atomic E-state index is 8.86. The Balaban J connectivity index is 3.84. The number of hydrogen-bond acceptors (Lipinski definition) is 3. The Morgan fingerprint density at radius 1 is 1.69 bits per heavy atom. The molecule has 0 aromatic heterocycles. The predicted molar refractivity (Wildman–Crippen MR) is 50.9 cm³/mol. The Morgan fingerprint density at radius 2 is 2.38 bits per heavy atom. The van der Waals surface area contributed by atoms with Crippen molar-refractivity contribution < 1.29 is 0 Å². The fourth-order valence-corrected chi connectivity index (χ4v) is 1.11. The van der Waals surface area contributed by atoms with Gasteiger partial charge in [0, 0.05) is 18.0 Å². The van der Waals surface area contributed by atoms with Crippen molar-refractivity contribution in [2.24, 2.45) is 5.11 Å². The summed E-state index contributed by atoms with van der Waals surface area (Å²) in [4.78, 5) is 2.63. The Labute approximate surface area is 78.4 Å². The Morgan fingerprint density at radius 3 is 2.85 bits per heavy atom. The van der Waals surface area contributed by atoms with Crippen LogP contribution < -0.4 is 5.32 Å². The van der Waals surface area contributed by atoms with Gasteiger partial charge >= 0.3 is 0 Å². The summed E-state index contributed by atoms with van der Waals surface area (Å²) < 4.78 is 0. The van der Waals surface area contributed by atoms with E-state index in [9.17, 15) is 0 Å². The topological polar surface area (TPSA) is 84.6 Å². The highest BCUT2D eigenvalue weighted by molar-refractivity contribution is 5.03. The average Bonchev–Trinajstić information content (AvgIpc) is 2.13. The molecule has 5 nitrogen and oxygen atoms in total. The van der Waals surface area contributed by atoms with Gasteiger partial charge < -0.3 is 0 Å².